The normalized spacial score (nSPS) is 12.6. The average molecular weight is 957 g/mol. The summed E-state index contributed by atoms with van der Waals surface area (Å²) < 4.78 is 159. The first-order valence-electron chi connectivity index (χ1n) is 20.4. The quantitative estimate of drug-likeness (QED) is 0.0387. The van der Waals surface area contributed by atoms with E-state index in [4.69, 9.17) is 11.8 Å². The van der Waals surface area contributed by atoms with Crippen molar-refractivity contribution < 1.29 is 43.9 Å². The second kappa shape index (κ2) is 18.9. The SMILES string of the molecule is Cc1cc(C)c(P(=S)(CC/C(B(c2c(F)c(F)c(F)c(F)c2F)c2c(F)c(F)c(F)c(F)c2F)=C(/P(c2ccccc2)c2ccccc2)[Si](C)(C)C)c2c(C)cc(C)cc2C)c(C)c1. The van der Waals surface area contributed by atoms with Crippen molar-refractivity contribution in [3.63, 3.8) is 0 Å². The van der Waals surface area contributed by atoms with Gasteiger partial charge in [-0.05, 0) is 106 Å². The highest BCUT2D eigenvalue weighted by Gasteiger charge is 2.46. The van der Waals surface area contributed by atoms with E-state index in [9.17, 15) is 8.78 Å². The van der Waals surface area contributed by atoms with Gasteiger partial charge in [0.1, 0.15) is 0 Å². The summed E-state index contributed by atoms with van der Waals surface area (Å²) in [6.07, 6.45) is -0.506. The molecule has 6 rings (SSSR count). The van der Waals surface area contributed by atoms with Crippen LogP contribution in [-0.2, 0) is 11.8 Å². The van der Waals surface area contributed by atoms with E-state index in [1.54, 1.807) is 60.7 Å². The molecule has 64 heavy (non-hydrogen) atoms. The molecular formula is C49H45BF10P2SSi. The van der Waals surface area contributed by atoms with E-state index in [1.165, 1.54) is 0 Å². The van der Waals surface area contributed by atoms with E-state index in [1.807, 2.05) is 85.4 Å². The fourth-order valence-electron chi connectivity index (χ4n) is 9.26. The molecule has 15 heteroatoms. The van der Waals surface area contributed by atoms with Crippen LogP contribution in [0.15, 0.2) is 95.3 Å². The molecule has 0 aliphatic rings. The third kappa shape index (κ3) is 8.99. The molecule has 0 atom stereocenters. The third-order valence-corrected chi connectivity index (χ3v) is 23.5. The second-order valence-corrected chi connectivity index (χ2v) is 29.5. The second-order valence-electron chi connectivity index (χ2n) is 17.2. The number of rotatable bonds is 12. The van der Waals surface area contributed by atoms with Crippen molar-refractivity contribution in [3.8, 4) is 0 Å². The van der Waals surface area contributed by atoms with Gasteiger partial charge in [0.05, 0.1) is 8.07 Å². The predicted molar refractivity (Wildman–Crippen MR) is 251 cm³/mol. The Morgan fingerprint density at radius 3 is 1.09 bits per heavy atom. The highest BCUT2D eigenvalue weighted by atomic mass is 32.4. The molecule has 0 spiro atoms. The lowest BCUT2D eigenvalue weighted by Gasteiger charge is -2.37. The van der Waals surface area contributed by atoms with Crippen molar-refractivity contribution in [2.45, 2.75) is 67.6 Å². The number of allylic oxidation sites excluding steroid dienone is 1. The van der Waals surface area contributed by atoms with E-state index in [-0.39, 0.29) is 11.6 Å². The number of hydrogen-bond donors (Lipinski definition) is 0. The van der Waals surface area contributed by atoms with Gasteiger partial charge < -0.3 is 0 Å². The standard InChI is InChI=1S/C49H45BF10P2SSi/c1-26-22-28(3)47(29(4)23-26)62(63,48-30(5)24-27(2)25-31(48)6)21-20-34(49(64(7,8)9)61(32-16-12-10-13-17-32)33-18-14-11-15-19-33)50(35-37(51)41(55)45(59)42(56)38(35)52)36-39(53)43(57)46(60)44(58)40(36)54/h10-19,22-25H,20-21H2,1-9H3/b49-34+. The first kappa shape index (κ1) is 49.2. The molecule has 0 bridgehead atoms. The van der Waals surface area contributed by atoms with Crippen LogP contribution in [0.25, 0.3) is 0 Å². The largest absolute Gasteiger partial charge is 0.253 e. The van der Waals surface area contributed by atoms with E-state index < -0.39 is 104 Å². The van der Waals surface area contributed by atoms with Crippen molar-refractivity contribution >= 4 is 72.7 Å². The van der Waals surface area contributed by atoms with E-state index in [2.05, 4.69) is 0 Å². The number of hydrogen-bond acceptors (Lipinski definition) is 1. The van der Waals surface area contributed by atoms with Crippen LogP contribution in [0, 0.1) is 99.7 Å². The van der Waals surface area contributed by atoms with Gasteiger partial charge in [0.15, 0.2) is 58.2 Å². The zero-order chi connectivity index (χ0) is 47.3. The molecule has 0 unspecified atom stereocenters. The van der Waals surface area contributed by atoms with Crippen LogP contribution in [0.4, 0.5) is 43.9 Å². The molecule has 0 saturated carbocycles. The van der Waals surface area contributed by atoms with Gasteiger partial charge in [-0.3, -0.25) is 0 Å². The fraction of sp³-hybridized carbons (Fsp3) is 0.224. The molecule has 0 heterocycles. The minimum atomic E-state index is -3.23. The van der Waals surface area contributed by atoms with Crippen LogP contribution >= 0.6 is 14.0 Å². The minimum absolute atomic E-state index is 0.0881. The molecule has 6 aromatic carbocycles. The first-order chi connectivity index (χ1) is 29.9. The van der Waals surface area contributed by atoms with E-state index in [0.717, 1.165) is 44.0 Å². The molecular weight excluding hydrogens is 911 g/mol. The summed E-state index contributed by atoms with van der Waals surface area (Å²) in [7, 11) is -5.11. The average Bonchev–Trinajstić information content (AvgIpc) is 3.22. The summed E-state index contributed by atoms with van der Waals surface area (Å²) in [6, 6.07) is 22.2. The Morgan fingerprint density at radius 2 is 0.797 bits per heavy atom. The van der Waals surface area contributed by atoms with Crippen LogP contribution in [-0.4, -0.2) is 20.9 Å². The van der Waals surface area contributed by atoms with Gasteiger partial charge >= 0.3 is 0 Å². The zero-order valence-corrected chi connectivity index (χ0v) is 40.3. The lowest BCUT2D eigenvalue weighted by atomic mass is 9.35. The molecule has 0 fully saturated rings. The third-order valence-electron chi connectivity index (χ3n) is 11.4. The van der Waals surface area contributed by atoms with Gasteiger partial charge in [-0.25, -0.2) is 43.9 Å². The van der Waals surface area contributed by atoms with Gasteiger partial charge in [-0.2, -0.15) is 0 Å². The zero-order valence-electron chi connectivity index (χ0n) is 36.7. The van der Waals surface area contributed by atoms with Gasteiger partial charge in [-0.1, -0.05) is 138 Å². The Labute approximate surface area is 375 Å². The monoisotopic (exact) mass is 956 g/mol. The maximum Gasteiger partial charge on any atom is 0.253 e. The van der Waals surface area contributed by atoms with Crippen LogP contribution in [0.5, 0.6) is 0 Å². The predicted octanol–water partition coefficient (Wildman–Crippen LogP) is 11.9. The lowest BCUT2D eigenvalue weighted by molar-refractivity contribution is 0.382. The molecule has 0 aliphatic carbocycles. The van der Waals surface area contributed by atoms with Crippen molar-refractivity contribution in [3.05, 3.63) is 187 Å². The molecule has 0 amide bonds. The molecule has 0 aromatic heterocycles. The van der Waals surface area contributed by atoms with Gasteiger partial charge in [0.25, 0.3) is 6.71 Å². The number of aryl methyl sites for hydroxylation is 6. The summed E-state index contributed by atoms with van der Waals surface area (Å²) >= 11 is 6.93. The van der Waals surface area contributed by atoms with Gasteiger partial charge in [0, 0.05) is 17.0 Å². The van der Waals surface area contributed by atoms with Crippen LogP contribution in [0.3, 0.4) is 0 Å². The van der Waals surface area contributed by atoms with Crippen molar-refractivity contribution in [2.24, 2.45) is 0 Å². The first-order valence-corrected chi connectivity index (χ1v) is 28.2. The van der Waals surface area contributed by atoms with Crippen molar-refractivity contribution in [1.82, 2.24) is 0 Å². The number of halogens is 10. The van der Waals surface area contributed by atoms with Gasteiger partial charge in [0.2, 0.25) is 0 Å². The Balaban J connectivity index is 1.90. The minimum Gasteiger partial charge on any atom is -0.204 e. The Morgan fingerprint density at radius 1 is 0.500 bits per heavy atom. The fourth-order valence-corrected chi connectivity index (χ4v) is 22.0. The molecule has 0 nitrogen and oxygen atoms in total. The van der Waals surface area contributed by atoms with Crippen molar-refractivity contribution in [1.29, 1.82) is 0 Å². The maximum absolute atomic E-state index is 16.7. The molecule has 0 radical (unpaired) electrons. The van der Waals surface area contributed by atoms with Gasteiger partial charge in [-0.15, -0.1) is 0 Å². The highest BCUT2D eigenvalue weighted by Crippen LogP contribution is 2.54. The number of benzene rings is 6. The molecule has 0 aliphatic heterocycles. The Kier molecular flexibility index (Phi) is 14.5. The summed E-state index contributed by atoms with van der Waals surface area (Å²) in [5, 5.41) is 2.85. The Bertz CT molecular complexity index is 2610. The van der Waals surface area contributed by atoms with Crippen LogP contribution in [0.2, 0.25) is 19.6 Å². The maximum atomic E-state index is 16.7. The molecule has 6 aromatic rings. The summed E-state index contributed by atoms with van der Waals surface area (Å²) in [5.41, 5.74) is 1.42. The topological polar surface area (TPSA) is 0 Å². The Hall–Kier alpha value is -4.28. The summed E-state index contributed by atoms with van der Waals surface area (Å²) in [5.74, 6) is -24.8. The molecule has 0 N–H and O–H groups in total. The van der Waals surface area contributed by atoms with E-state index >= 15 is 35.1 Å². The van der Waals surface area contributed by atoms with Crippen molar-refractivity contribution in [2.75, 3.05) is 6.16 Å². The molecule has 334 valence electrons. The molecule has 0 saturated heterocycles. The smallest absolute Gasteiger partial charge is 0.204 e. The lowest BCUT2D eigenvalue weighted by Crippen LogP contribution is -2.54. The van der Waals surface area contributed by atoms with Crippen LogP contribution < -0.4 is 32.1 Å². The summed E-state index contributed by atoms with van der Waals surface area (Å²) in [4.78, 5) is 0.369. The summed E-state index contributed by atoms with van der Waals surface area (Å²) in [6.45, 7) is 14.2. The van der Waals surface area contributed by atoms with Crippen LogP contribution in [0.1, 0.15) is 39.8 Å². The van der Waals surface area contributed by atoms with E-state index in [0.29, 0.717) is 15.5 Å². The highest BCUT2D eigenvalue weighted by molar-refractivity contribution is 8.22.